The van der Waals surface area contributed by atoms with Crippen molar-refractivity contribution in [1.29, 1.82) is 0 Å². The van der Waals surface area contributed by atoms with Gasteiger partial charge in [0.05, 0.1) is 0 Å². The molecule has 0 aliphatic carbocycles. The van der Waals surface area contributed by atoms with Gasteiger partial charge in [0, 0.05) is 30.9 Å². The molecular formula is C14H26N4O2S. The van der Waals surface area contributed by atoms with Gasteiger partial charge in [-0.25, -0.2) is 8.42 Å². The maximum absolute atomic E-state index is 12.8. The smallest absolute Gasteiger partial charge is 0.262 e. The van der Waals surface area contributed by atoms with Crippen LogP contribution in [0.15, 0.2) is 5.03 Å². The first-order valence-corrected chi connectivity index (χ1v) is 9.19. The topological polar surface area (TPSA) is 78.1 Å². The van der Waals surface area contributed by atoms with Crippen LogP contribution in [0.5, 0.6) is 0 Å². The van der Waals surface area contributed by atoms with Gasteiger partial charge >= 0.3 is 0 Å². The summed E-state index contributed by atoms with van der Waals surface area (Å²) in [5.74, 6) is 0.474. The van der Waals surface area contributed by atoms with Crippen molar-refractivity contribution >= 4 is 10.0 Å². The number of sulfonamides is 1. The molecular weight excluding hydrogens is 288 g/mol. The molecule has 1 aliphatic rings. The third kappa shape index (κ3) is 3.46. The summed E-state index contributed by atoms with van der Waals surface area (Å²) in [5, 5.41) is 10.3. The van der Waals surface area contributed by atoms with E-state index in [2.05, 4.69) is 29.4 Å². The third-order valence-corrected chi connectivity index (χ3v) is 6.01. The lowest BCUT2D eigenvalue weighted by atomic mass is 10.1. The highest BCUT2D eigenvalue weighted by Crippen LogP contribution is 2.27. The van der Waals surface area contributed by atoms with E-state index < -0.39 is 10.0 Å². The SMILES string of the molecule is CCCNCc1c(S(=O)(=O)N2CCC(CC)C2)n[nH]c1C. The molecule has 1 atom stereocenters. The van der Waals surface area contributed by atoms with Gasteiger partial charge in [0.2, 0.25) is 0 Å². The first-order chi connectivity index (χ1) is 10.0. The monoisotopic (exact) mass is 314 g/mol. The second kappa shape index (κ2) is 6.89. The fraction of sp³-hybridized carbons (Fsp3) is 0.786. The quantitative estimate of drug-likeness (QED) is 0.750. The largest absolute Gasteiger partial charge is 0.313 e. The Kier molecular flexibility index (Phi) is 5.40. The van der Waals surface area contributed by atoms with Crippen molar-refractivity contribution in [1.82, 2.24) is 19.8 Å². The highest BCUT2D eigenvalue weighted by atomic mass is 32.2. The first kappa shape index (κ1) is 16.5. The van der Waals surface area contributed by atoms with Gasteiger partial charge in [0.1, 0.15) is 0 Å². The average Bonchev–Trinajstić information content (AvgIpc) is 3.07. The van der Waals surface area contributed by atoms with Crippen molar-refractivity contribution in [2.24, 2.45) is 5.92 Å². The van der Waals surface area contributed by atoms with Crippen LogP contribution < -0.4 is 5.32 Å². The molecule has 21 heavy (non-hydrogen) atoms. The fourth-order valence-corrected chi connectivity index (χ4v) is 4.41. The summed E-state index contributed by atoms with van der Waals surface area (Å²) < 4.78 is 27.1. The second-order valence-corrected chi connectivity index (χ2v) is 7.59. The van der Waals surface area contributed by atoms with Crippen molar-refractivity contribution in [3.8, 4) is 0 Å². The van der Waals surface area contributed by atoms with E-state index in [1.165, 1.54) is 0 Å². The van der Waals surface area contributed by atoms with Crippen LogP contribution in [0, 0.1) is 12.8 Å². The summed E-state index contributed by atoms with van der Waals surface area (Å²) in [6.45, 7) is 8.69. The zero-order valence-electron chi connectivity index (χ0n) is 13.1. The number of aromatic nitrogens is 2. The van der Waals surface area contributed by atoms with E-state index in [1.54, 1.807) is 4.31 Å². The molecule has 0 saturated carbocycles. The molecule has 0 amide bonds. The molecule has 0 bridgehead atoms. The Morgan fingerprint density at radius 3 is 2.81 bits per heavy atom. The number of nitrogens with zero attached hydrogens (tertiary/aromatic N) is 2. The van der Waals surface area contributed by atoms with Crippen LogP contribution in [0.1, 0.15) is 44.4 Å². The minimum atomic E-state index is -3.48. The van der Waals surface area contributed by atoms with Crippen molar-refractivity contribution in [3.05, 3.63) is 11.3 Å². The van der Waals surface area contributed by atoms with Crippen molar-refractivity contribution < 1.29 is 8.42 Å². The lowest BCUT2D eigenvalue weighted by molar-refractivity contribution is 0.449. The Bertz CT molecular complexity index is 568. The van der Waals surface area contributed by atoms with E-state index in [4.69, 9.17) is 0 Å². The van der Waals surface area contributed by atoms with Crippen LogP contribution in [0.3, 0.4) is 0 Å². The Hall–Kier alpha value is -0.920. The van der Waals surface area contributed by atoms with Gasteiger partial charge in [-0.2, -0.15) is 9.40 Å². The van der Waals surface area contributed by atoms with E-state index in [0.717, 1.165) is 37.1 Å². The molecule has 0 spiro atoms. The molecule has 0 aromatic carbocycles. The minimum absolute atomic E-state index is 0.195. The maximum atomic E-state index is 12.8. The lowest BCUT2D eigenvalue weighted by Gasteiger charge is -2.16. The fourth-order valence-electron chi connectivity index (χ4n) is 2.71. The van der Waals surface area contributed by atoms with Gasteiger partial charge in [-0.3, -0.25) is 5.10 Å². The molecule has 120 valence electrons. The Morgan fingerprint density at radius 1 is 1.43 bits per heavy atom. The van der Waals surface area contributed by atoms with Gasteiger partial charge in [0.15, 0.2) is 5.03 Å². The van der Waals surface area contributed by atoms with E-state index in [-0.39, 0.29) is 5.03 Å². The summed E-state index contributed by atoms with van der Waals surface area (Å²) in [7, 11) is -3.48. The highest BCUT2D eigenvalue weighted by Gasteiger charge is 2.35. The van der Waals surface area contributed by atoms with Gasteiger partial charge < -0.3 is 5.32 Å². The van der Waals surface area contributed by atoms with Crippen LogP contribution in [0.25, 0.3) is 0 Å². The summed E-state index contributed by atoms with van der Waals surface area (Å²) in [4.78, 5) is 0. The Labute approximate surface area is 127 Å². The summed E-state index contributed by atoms with van der Waals surface area (Å²) in [6.07, 6.45) is 2.99. The van der Waals surface area contributed by atoms with Gasteiger partial charge in [-0.15, -0.1) is 0 Å². The highest BCUT2D eigenvalue weighted by molar-refractivity contribution is 7.89. The molecule has 0 radical (unpaired) electrons. The van der Waals surface area contributed by atoms with Crippen LogP contribution in [-0.2, 0) is 16.6 Å². The van der Waals surface area contributed by atoms with Gasteiger partial charge in [-0.1, -0.05) is 20.3 Å². The van der Waals surface area contributed by atoms with Crippen LogP contribution in [0.4, 0.5) is 0 Å². The molecule has 1 aromatic rings. The molecule has 1 saturated heterocycles. The number of aryl methyl sites for hydroxylation is 1. The molecule has 1 aromatic heterocycles. The number of rotatable bonds is 7. The van der Waals surface area contributed by atoms with Crippen molar-refractivity contribution in [3.63, 3.8) is 0 Å². The van der Waals surface area contributed by atoms with Gasteiger partial charge in [-0.05, 0) is 32.2 Å². The second-order valence-electron chi connectivity index (χ2n) is 5.74. The first-order valence-electron chi connectivity index (χ1n) is 7.75. The minimum Gasteiger partial charge on any atom is -0.313 e. The molecule has 2 heterocycles. The molecule has 1 aliphatic heterocycles. The summed E-state index contributed by atoms with van der Waals surface area (Å²) >= 11 is 0. The zero-order valence-corrected chi connectivity index (χ0v) is 14.0. The number of nitrogens with one attached hydrogen (secondary N) is 2. The Morgan fingerprint density at radius 2 is 2.19 bits per heavy atom. The molecule has 1 unspecified atom stereocenters. The van der Waals surface area contributed by atoms with Crippen LogP contribution in [-0.4, -0.2) is 42.6 Å². The average molecular weight is 314 g/mol. The third-order valence-electron chi connectivity index (χ3n) is 4.17. The predicted molar refractivity (Wildman–Crippen MR) is 82.5 cm³/mol. The zero-order chi connectivity index (χ0) is 15.5. The summed E-state index contributed by atoms with van der Waals surface area (Å²) in [6, 6.07) is 0. The van der Waals surface area contributed by atoms with Gasteiger partial charge in [0.25, 0.3) is 10.0 Å². The summed E-state index contributed by atoms with van der Waals surface area (Å²) in [5.41, 5.74) is 1.59. The predicted octanol–water partition coefficient (Wildman–Crippen LogP) is 1.64. The number of hydrogen-bond acceptors (Lipinski definition) is 4. The van der Waals surface area contributed by atoms with Crippen molar-refractivity contribution in [2.75, 3.05) is 19.6 Å². The van der Waals surface area contributed by atoms with E-state index >= 15 is 0 Å². The number of aromatic amines is 1. The molecule has 7 heteroatoms. The lowest BCUT2D eigenvalue weighted by Crippen LogP contribution is -2.30. The maximum Gasteiger partial charge on any atom is 0.262 e. The number of H-pyrrole nitrogens is 1. The standard InChI is InChI=1S/C14H26N4O2S/c1-4-7-15-9-13-11(3)16-17-14(13)21(19,20)18-8-6-12(5-2)10-18/h12,15H,4-10H2,1-3H3,(H,16,17). The van der Waals surface area contributed by atoms with E-state index in [0.29, 0.717) is 25.6 Å². The van der Waals surface area contributed by atoms with Crippen molar-refractivity contribution in [2.45, 2.75) is 51.6 Å². The van der Waals surface area contributed by atoms with E-state index in [9.17, 15) is 8.42 Å². The van der Waals surface area contributed by atoms with Crippen LogP contribution >= 0.6 is 0 Å². The normalized spacial score (nSPS) is 20.2. The Balaban J connectivity index is 2.20. The van der Waals surface area contributed by atoms with E-state index in [1.807, 2.05) is 6.92 Å². The number of hydrogen-bond donors (Lipinski definition) is 2. The molecule has 2 rings (SSSR count). The molecule has 1 fully saturated rings. The molecule has 2 N–H and O–H groups in total. The molecule has 6 nitrogen and oxygen atoms in total. The van der Waals surface area contributed by atoms with Crippen LogP contribution in [0.2, 0.25) is 0 Å².